The molecule has 1 aromatic rings. The number of aromatic nitrogens is 2. The van der Waals surface area contributed by atoms with Gasteiger partial charge in [0.25, 0.3) is 0 Å². The van der Waals surface area contributed by atoms with E-state index in [4.69, 9.17) is 10.5 Å². The average Bonchev–Trinajstić information content (AvgIpc) is 2.40. The van der Waals surface area contributed by atoms with E-state index in [2.05, 4.69) is 14.9 Å². The number of piperidine rings is 1. The van der Waals surface area contributed by atoms with Gasteiger partial charge in [0.05, 0.1) is 11.8 Å². The van der Waals surface area contributed by atoms with Crippen LogP contribution in [0.3, 0.4) is 0 Å². The van der Waals surface area contributed by atoms with Gasteiger partial charge in [0.1, 0.15) is 0 Å². The van der Waals surface area contributed by atoms with Crippen molar-refractivity contribution in [1.29, 1.82) is 0 Å². The van der Waals surface area contributed by atoms with Crippen LogP contribution in [0.4, 0.5) is 5.95 Å². The number of ether oxygens (including phenoxy) is 1. The lowest BCUT2D eigenvalue weighted by Gasteiger charge is -2.32. The van der Waals surface area contributed by atoms with Gasteiger partial charge < -0.3 is 15.4 Å². The molecular formula is C12H20N4O. The summed E-state index contributed by atoms with van der Waals surface area (Å²) in [6, 6.07) is 1.85. The summed E-state index contributed by atoms with van der Waals surface area (Å²) in [7, 11) is 0. The van der Waals surface area contributed by atoms with Crippen LogP contribution in [0.5, 0.6) is 0 Å². The summed E-state index contributed by atoms with van der Waals surface area (Å²) in [5, 5.41) is 0. The summed E-state index contributed by atoms with van der Waals surface area (Å²) in [6.45, 7) is 5.13. The van der Waals surface area contributed by atoms with Gasteiger partial charge in [-0.2, -0.15) is 0 Å². The van der Waals surface area contributed by atoms with Crippen molar-refractivity contribution in [2.24, 2.45) is 5.73 Å². The summed E-state index contributed by atoms with van der Waals surface area (Å²) < 4.78 is 5.67. The maximum Gasteiger partial charge on any atom is 0.225 e. The number of nitrogens with zero attached hydrogens (tertiary/aromatic N) is 3. The Morgan fingerprint density at radius 3 is 3.24 bits per heavy atom. The molecule has 0 spiro atoms. The molecule has 2 heterocycles. The van der Waals surface area contributed by atoms with Gasteiger partial charge in [-0.3, -0.25) is 0 Å². The van der Waals surface area contributed by atoms with E-state index in [1.807, 2.05) is 13.0 Å². The van der Waals surface area contributed by atoms with Crippen LogP contribution in [0.25, 0.3) is 0 Å². The van der Waals surface area contributed by atoms with E-state index in [1.54, 1.807) is 6.20 Å². The molecule has 1 saturated heterocycles. The molecular weight excluding hydrogens is 216 g/mol. The van der Waals surface area contributed by atoms with Crippen molar-refractivity contribution in [2.75, 3.05) is 24.6 Å². The Morgan fingerprint density at radius 2 is 2.47 bits per heavy atom. The van der Waals surface area contributed by atoms with E-state index in [1.165, 1.54) is 0 Å². The highest BCUT2D eigenvalue weighted by Crippen LogP contribution is 2.17. The molecule has 2 N–H and O–H groups in total. The predicted octanol–water partition coefficient (Wildman–Crippen LogP) is 0.941. The van der Waals surface area contributed by atoms with Crippen LogP contribution in [-0.2, 0) is 11.3 Å². The molecule has 0 radical (unpaired) electrons. The summed E-state index contributed by atoms with van der Waals surface area (Å²) >= 11 is 0. The topological polar surface area (TPSA) is 64.3 Å². The fourth-order valence-corrected chi connectivity index (χ4v) is 2.14. The van der Waals surface area contributed by atoms with Gasteiger partial charge in [-0.05, 0) is 25.8 Å². The monoisotopic (exact) mass is 236 g/mol. The summed E-state index contributed by atoms with van der Waals surface area (Å²) in [5.41, 5.74) is 6.47. The zero-order valence-electron chi connectivity index (χ0n) is 10.3. The van der Waals surface area contributed by atoms with Crippen molar-refractivity contribution in [3.63, 3.8) is 0 Å². The lowest BCUT2D eigenvalue weighted by atomic mass is 10.1. The quantitative estimate of drug-likeness (QED) is 0.843. The first-order valence-corrected chi connectivity index (χ1v) is 6.22. The third-order valence-electron chi connectivity index (χ3n) is 2.97. The standard InChI is InChI=1S/C12H20N4O/c1-2-17-11-4-3-7-16(9-11)12-14-6-5-10(8-13)15-12/h5-6,11H,2-4,7-9,13H2,1H3. The van der Waals surface area contributed by atoms with Crippen molar-refractivity contribution in [3.05, 3.63) is 18.0 Å². The predicted molar refractivity (Wildman–Crippen MR) is 66.8 cm³/mol. The lowest BCUT2D eigenvalue weighted by Crippen LogP contribution is -2.40. The van der Waals surface area contributed by atoms with Crippen molar-refractivity contribution in [1.82, 2.24) is 9.97 Å². The fourth-order valence-electron chi connectivity index (χ4n) is 2.14. The third kappa shape index (κ3) is 3.14. The number of rotatable bonds is 4. The second kappa shape index (κ2) is 5.93. The van der Waals surface area contributed by atoms with E-state index in [-0.39, 0.29) is 0 Å². The Morgan fingerprint density at radius 1 is 1.59 bits per heavy atom. The van der Waals surface area contributed by atoms with Gasteiger partial charge in [-0.25, -0.2) is 9.97 Å². The van der Waals surface area contributed by atoms with Gasteiger partial charge in [-0.1, -0.05) is 0 Å². The van der Waals surface area contributed by atoms with E-state index in [0.29, 0.717) is 12.6 Å². The molecule has 0 aromatic carbocycles. The van der Waals surface area contributed by atoms with Crippen LogP contribution in [-0.4, -0.2) is 35.8 Å². The minimum Gasteiger partial charge on any atom is -0.377 e. The van der Waals surface area contributed by atoms with Crippen molar-refractivity contribution >= 4 is 5.95 Å². The number of nitrogens with two attached hydrogens (primary N) is 1. The van der Waals surface area contributed by atoms with Crippen LogP contribution in [0.15, 0.2) is 12.3 Å². The maximum atomic E-state index is 5.67. The molecule has 5 nitrogen and oxygen atoms in total. The summed E-state index contributed by atoms with van der Waals surface area (Å²) in [6.07, 6.45) is 4.33. The molecule has 1 aromatic heterocycles. The molecule has 0 saturated carbocycles. The molecule has 0 amide bonds. The lowest BCUT2D eigenvalue weighted by molar-refractivity contribution is 0.0523. The van der Waals surface area contributed by atoms with Gasteiger partial charge in [-0.15, -0.1) is 0 Å². The second-order valence-corrected chi connectivity index (χ2v) is 4.22. The number of hydrogen-bond acceptors (Lipinski definition) is 5. The van der Waals surface area contributed by atoms with E-state index in [0.717, 1.165) is 44.2 Å². The summed E-state index contributed by atoms with van der Waals surface area (Å²) in [4.78, 5) is 10.9. The molecule has 5 heteroatoms. The van der Waals surface area contributed by atoms with Crippen LogP contribution in [0.2, 0.25) is 0 Å². The fraction of sp³-hybridized carbons (Fsp3) is 0.667. The van der Waals surface area contributed by atoms with Gasteiger partial charge in [0.2, 0.25) is 5.95 Å². The van der Waals surface area contributed by atoms with E-state index in [9.17, 15) is 0 Å². The highest BCUT2D eigenvalue weighted by Gasteiger charge is 2.21. The average molecular weight is 236 g/mol. The number of anilines is 1. The molecule has 1 atom stereocenters. The third-order valence-corrected chi connectivity index (χ3v) is 2.97. The molecule has 0 bridgehead atoms. The Kier molecular flexibility index (Phi) is 4.28. The van der Waals surface area contributed by atoms with Crippen molar-refractivity contribution < 1.29 is 4.74 Å². The Hall–Kier alpha value is -1.20. The molecule has 1 aliphatic rings. The Bertz CT molecular complexity index is 356. The summed E-state index contributed by atoms with van der Waals surface area (Å²) in [5.74, 6) is 0.775. The molecule has 1 fully saturated rings. The first-order chi connectivity index (χ1) is 8.33. The smallest absolute Gasteiger partial charge is 0.225 e. The maximum absolute atomic E-state index is 5.67. The molecule has 0 aliphatic carbocycles. The minimum atomic E-state index is 0.305. The molecule has 1 unspecified atom stereocenters. The van der Waals surface area contributed by atoms with Crippen molar-refractivity contribution in [2.45, 2.75) is 32.4 Å². The normalized spacial score (nSPS) is 20.6. The molecule has 1 aliphatic heterocycles. The van der Waals surface area contributed by atoms with Crippen LogP contribution >= 0.6 is 0 Å². The first-order valence-electron chi connectivity index (χ1n) is 6.22. The van der Waals surface area contributed by atoms with Gasteiger partial charge in [0, 0.05) is 32.4 Å². The van der Waals surface area contributed by atoms with Gasteiger partial charge >= 0.3 is 0 Å². The molecule has 2 rings (SSSR count). The zero-order valence-corrected chi connectivity index (χ0v) is 10.3. The Labute approximate surface area is 102 Å². The van der Waals surface area contributed by atoms with E-state index < -0.39 is 0 Å². The van der Waals surface area contributed by atoms with Gasteiger partial charge in [0.15, 0.2) is 0 Å². The first kappa shape index (κ1) is 12.3. The number of hydrogen-bond donors (Lipinski definition) is 1. The highest BCUT2D eigenvalue weighted by atomic mass is 16.5. The van der Waals surface area contributed by atoms with Crippen molar-refractivity contribution in [3.8, 4) is 0 Å². The zero-order chi connectivity index (χ0) is 12.1. The Balaban J connectivity index is 2.05. The second-order valence-electron chi connectivity index (χ2n) is 4.22. The molecule has 94 valence electrons. The van der Waals surface area contributed by atoms with Crippen LogP contribution < -0.4 is 10.6 Å². The SMILES string of the molecule is CCOC1CCCN(c2nccc(CN)n2)C1. The highest BCUT2D eigenvalue weighted by molar-refractivity contribution is 5.31. The largest absolute Gasteiger partial charge is 0.377 e. The van der Waals surface area contributed by atoms with Crippen LogP contribution in [0, 0.1) is 0 Å². The van der Waals surface area contributed by atoms with Crippen LogP contribution in [0.1, 0.15) is 25.5 Å². The molecule has 17 heavy (non-hydrogen) atoms. The minimum absolute atomic E-state index is 0.305. The van der Waals surface area contributed by atoms with E-state index >= 15 is 0 Å².